The van der Waals surface area contributed by atoms with Gasteiger partial charge in [-0.15, -0.1) is 0 Å². The number of carbonyl (C=O) groups is 2. The summed E-state index contributed by atoms with van der Waals surface area (Å²) >= 11 is 0. The fourth-order valence-corrected chi connectivity index (χ4v) is 6.98. The molecule has 1 aliphatic carbocycles. The van der Waals surface area contributed by atoms with E-state index in [1.165, 1.54) is 7.11 Å². The van der Waals surface area contributed by atoms with E-state index in [1.807, 2.05) is 39.0 Å². The van der Waals surface area contributed by atoms with Gasteiger partial charge in [0.15, 0.2) is 0 Å². The molecule has 1 fully saturated rings. The largest absolute Gasteiger partial charge is 0.496 e. The zero-order valence-corrected chi connectivity index (χ0v) is 28.2. The molecular formula is C38H42F3NO5. The van der Waals surface area contributed by atoms with Crippen LogP contribution in [0.3, 0.4) is 0 Å². The molecule has 0 saturated carbocycles. The van der Waals surface area contributed by atoms with Crippen LogP contribution in [-0.2, 0) is 15.7 Å². The van der Waals surface area contributed by atoms with Gasteiger partial charge in [-0.25, -0.2) is 9.59 Å². The van der Waals surface area contributed by atoms with E-state index in [0.717, 1.165) is 76.1 Å². The van der Waals surface area contributed by atoms with Crippen LogP contribution in [-0.4, -0.2) is 43.8 Å². The number of halogens is 3. The normalized spacial score (nSPS) is 19.6. The first-order valence-corrected chi connectivity index (χ1v) is 15.8. The zero-order chi connectivity index (χ0) is 34.4. The summed E-state index contributed by atoms with van der Waals surface area (Å²) in [6, 6.07) is 13.0. The van der Waals surface area contributed by atoms with Crippen molar-refractivity contribution in [3.63, 3.8) is 0 Å². The van der Waals surface area contributed by atoms with Crippen molar-refractivity contribution in [3.8, 4) is 16.9 Å². The van der Waals surface area contributed by atoms with Crippen LogP contribution in [0, 0.1) is 26.2 Å². The first-order valence-electron chi connectivity index (χ1n) is 15.8. The molecule has 0 unspecified atom stereocenters. The number of hydrogen-bond acceptors (Lipinski definition) is 5. The number of benzene rings is 3. The Labute approximate surface area is 274 Å². The van der Waals surface area contributed by atoms with Crippen molar-refractivity contribution in [2.75, 3.05) is 20.8 Å². The number of ether oxygens (including phenoxy) is 3. The molecule has 3 aromatic rings. The van der Waals surface area contributed by atoms with Crippen LogP contribution < -0.4 is 4.74 Å². The number of carbonyl (C=O) groups excluding carboxylic acids is 2. The summed E-state index contributed by atoms with van der Waals surface area (Å²) in [5.41, 5.74) is 7.48. The quantitative estimate of drug-likeness (QED) is 0.239. The highest BCUT2D eigenvalue weighted by Crippen LogP contribution is 2.47. The van der Waals surface area contributed by atoms with Crippen molar-refractivity contribution < 1.29 is 37.0 Å². The molecule has 0 aromatic heterocycles. The number of alkyl halides is 3. The maximum atomic E-state index is 13.6. The molecule has 5 rings (SSSR count). The fourth-order valence-electron chi connectivity index (χ4n) is 6.98. The summed E-state index contributed by atoms with van der Waals surface area (Å²) in [5, 5.41) is 0. The number of hydrogen-bond donors (Lipinski definition) is 0. The van der Waals surface area contributed by atoms with Gasteiger partial charge in [0.25, 0.3) is 0 Å². The smallest absolute Gasteiger partial charge is 0.416 e. The topological polar surface area (TPSA) is 65.1 Å². The molecule has 6 nitrogen and oxygen atoms in total. The maximum absolute atomic E-state index is 13.6. The third kappa shape index (κ3) is 6.90. The Morgan fingerprint density at radius 3 is 2.32 bits per heavy atom. The minimum absolute atomic E-state index is 0.0235. The first-order chi connectivity index (χ1) is 22.0. The monoisotopic (exact) mass is 649 g/mol. The van der Waals surface area contributed by atoms with E-state index in [1.54, 1.807) is 31.1 Å². The lowest BCUT2D eigenvalue weighted by Gasteiger charge is -2.36. The van der Waals surface area contributed by atoms with Crippen LogP contribution >= 0.6 is 0 Å². The summed E-state index contributed by atoms with van der Waals surface area (Å²) in [6.45, 7) is 12.1. The Balaban J connectivity index is 1.56. The lowest BCUT2D eigenvalue weighted by atomic mass is 9.72. The molecule has 250 valence electrons. The number of aryl methyl sites for hydroxylation is 3. The van der Waals surface area contributed by atoms with Crippen LogP contribution in [0.4, 0.5) is 18.0 Å². The van der Waals surface area contributed by atoms with E-state index in [4.69, 9.17) is 14.2 Å². The van der Waals surface area contributed by atoms with Gasteiger partial charge in [0.2, 0.25) is 0 Å². The van der Waals surface area contributed by atoms with Crippen LogP contribution in [0.5, 0.6) is 5.75 Å². The molecule has 1 aliphatic heterocycles. The van der Waals surface area contributed by atoms with Crippen LogP contribution in [0.2, 0.25) is 0 Å². The summed E-state index contributed by atoms with van der Waals surface area (Å²) in [5.74, 6) is 0.322. The first kappa shape index (κ1) is 34.1. The average molecular weight is 650 g/mol. The van der Waals surface area contributed by atoms with Gasteiger partial charge in [-0.3, -0.25) is 4.90 Å². The van der Waals surface area contributed by atoms with Gasteiger partial charge in [0.05, 0.1) is 31.4 Å². The lowest BCUT2D eigenvalue weighted by Crippen LogP contribution is -2.35. The molecular weight excluding hydrogens is 607 g/mol. The molecule has 1 amide bonds. The molecule has 0 spiro atoms. The predicted octanol–water partition coefficient (Wildman–Crippen LogP) is 9.64. The summed E-state index contributed by atoms with van der Waals surface area (Å²) < 4.78 is 57.4. The second kappa shape index (κ2) is 12.7. The number of cyclic esters (lactones) is 1. The van der Waals surface area contributed by atoms with Gasteiger partial charge in [-0.05, 0) is 128 Å². The van der Waals surface area contributed by atoms with Crippen molar-refractivity contribution in [2.24, 2.45) is 5.41 Å². The van der Waals surface area contributed by atoms with Crippen molar-refractivity contribution in [1.29, 1.82) is 0 Å². The second-order valence-corrected chi connectivity index (χ2v) is 13.6. The van der Waals surface area contributed by atoms with Gasteiger partial charge in [0.1, 0.15) is 11.9 Å². The number of rotatable bonds is 7. The maximum Gasteiger partial charge on any atom is 0.416 e. The van der Waals surface area contributed by atoms with E-state index >= 15 is 0 Å². The number of esters is 1. The van der Waals surface area contributed by atoms with E-state index in [2.05, 4.69) is 19.9 Å². The molecule has 2 aliphatic rings. The highest BCUT2D eigenvalue weighted by molar-refractivity contribution is 5.91. The van der Waals surface area contributed by atoms with Crippen LogP contribution in [0.15, 0.2) is 54.1 Å². The Kier molecular flexibility index (Phi) is 9.23. The molecule has 1 heterocycles. The van der Waals surface area contributed by atoms with Crippen molar-refractivity contribution in [3.05, 3.63) is 93.0 Å². The molecule has 47 heavy (non-hydrogen) atoms. The summed E-state index contributed by atoms with van der Waals surface area (Å²) in [4.78, 5) is 27.1. The highest BCUT2D eigenvalue weighted by atomic mass is 19.4. The van der Waals surface area contributed by atoms with Gasteiger partial charge in [-0.2, -0.15) is 13.2 Å². The summed E-state index contributed by atoms with van der Waals surface area (Å²) in [7, 11) is 3.00. The Hall–Kier alpha value is -4.27. The standard InChI is InChI=1S/C38H42F3NO5/c1-21-13-26(17-28(14-21)38(39,40)41)34-24(4)42(36(44)47-34)20-27-19-37(5,6)12-11-30(27)32-18-31(23(3)16-33(32)45-7)29-10-9-25(15-22(29)2)35(43)46-8/h9-10,13-18,24,34H,11-12,19-20H2,1-8H3/t24-,34-/m0/s1. The number of methoxy groups -OCH3 is 2. The predicted molar refractivity (Wildman–Crippen MR) is 175 cm³/mol. The minimum atomic E-state index is -4.51. The van der Waals surface area contributed by atoms with E-state index in [0.29, 0.717) is 16.7 Å². The number of amides is 1. The second-order valence-electron chi connectivity index (χ2n) is 13.6. The van der Waals surface area contributed by atoms with Crippen molar-refractivity contribution in [1.82, 2.24) is 4.90 Å². The van der Waals surface area contributed by atoms with Gasteiger partial charge in [0, 0.05) is 12.1 Å². The van der Waals surface area contributed by atoms with Crippen molar-refractivity contribution in [2.45, 2.75) is 79.1 Å². The Morgan fingerprint density at radius 2 is 1.68 bits per heavy atom. The third-order valence-corrected chi connectivity index (χ3v) is 9.49. The minimum Gasteiger partial charge on any atom is -0.496 e. The van der Waals surface area contributed by atoms with E-state index in [9.17, 15) is 22.8 Å². The SMILES string of the molecule is COC(=O)c1ccc(-c2cc(C3=C(CN4C(=O)O[C@H](c5cc(C)cc(C(F)(F)F)c5)[C@@H]4C)CC(C)(C)CC3)c(OC)cc2C)c(C)c1. The number of allylic oxidation sites excluding steroid dienone is 1. The molecule has 1 saturated heterocycles. The molecule has 0 bridgehead atoms. The zero-order valence-electron chi connectivity index (χ0n) is 28.2. The molecule has 0 radical (unpaired) electrons. The van der Waals surface area contributed by atoms with Crippen LogP contribution in [0.25, 0.3) is 16.7 Å². The van der Waals surface area contributed by atoms with Gasteiger partial charge >= 0.3 is 18.2 Å². The molecule has 0 N–H and O–H groups in total. The Morgan fingerprint density at radius 1 is 0.979 bits per heavy atom. The highest BCUT2D eigenvalue weighted by Gasteiger charge is 2.42. The third-order valence-electron chi connectivity index (χ3n) is 9.49. The van der Waals surface area contributed by atoms with Gasteiger partial charge < -0.3 is 14.2 Å². The van der Waals surface area contributed by atoms with Crippen LogP contribution in [0.1, 0.15) is 89.9 Å². The molecule has 9 heteroatoms. The molecule has 3 aromatic carbocycles. The van der Waals surface area contributed by atoms with Gasteiger partial charge in [-0.1, -0.05) is 31.5 Å². The Bertz CT molecular complexity index is 1760. The lowest BCUT2D eigenvalue weighted by molar-refractivity contribution is -0.137. The summed E-state index contributed by atoms with van der Waals surface area (Å²) in [6.07, 6.45) is -3.48. The average Bonchev–Trinajstić information content (AvgIpc) is 3.28. The van der Waals surface area contributed by atoms with Crippen molar-refractivity contribution >= 4 is 17.6 Å². The fraction of sp³-hybridized carbons (Fsp3) is 0.421. The number of nitrogens with zero attached hydrogens (tertiary/aromatic N) is 1. The molecule has 2 atom stereocenters. The van der Waals surface area contributed by atoms with E-state index < -0.39 is 35.9 Å². The van der Waals surface area contributed by atoms with E-state index in [-0.39, 0.29) is 12.0 Å².